The number of carbonyl (C=O) groups excluding carboxylic acids is 2. The van der Waals surface area contributed by atoms with Crippen LogP contribution in [0.25, 0.3) is 10.9 Å². The minimum absolute atomic E-state index is 0.0371. The summed E-state index contributed by atoms with van der Waals surface area (Å²) in [6, 6.07) is 13.5. The van der Waals surface area contributed by atoms with Crippen molar-refractivity contribution in [2.45, 2.75) is 38.8 Å². The van der Waals surface area contributed by atoms with E-state index in [0.29, 0.717) is 18.5 Å². The number of H-pyrrole nitrogens is 1. The van der Waals surface area contributed by atoms with Crippen molar-refractivity contribution in [3.63, 3.8) is 0 Å². The van der Waals surface area contributed by atoms with Gasteiger partial charge in [-0.25, -0.2) is 4.79 Å². The molecule has 2 amide bonds. The zero-order chi connectivity index (χ0) is 27.7. The highest BCUT2D eigenvalue weighted by Crippen LogP contribution is 2.35. The van der Waals surface area contributed by atoms with E-state index < -0.39 is 17.9 Å². The molecule has 39 heavy (non-hydrogen) atoms. The van der Waals surface area contributed by atoms with Crippen LogP contribution in [0.3, 0.4) is 0 Å². The normalized spacial score (nSPS) is 13.7. The number of nitrogens with zero attached hydrogens (tertiary/aromatic N) is 2. The number of halogens is 2. The highest BCUT2D eigenvalue weighted by molar-refractivity contribution is 6.40. The van der Waals surface area contributed by atoms with E-state index >= 15 is 0 Å². The molecule has 1 aromatic heterocycles. The van der Waals surface area contributed by atoms with E-state index in [1.807, 2.05) is 37.3 Å². The Kier molecular flexibility index (Phi) is 7.59. The van der Waals surface area contributed by atoms with Crippen molar-refractivity contribution in [1.82, 2.24) is 20.4 Å². The predicted molar refractivity (Wildman–Crippen MR) is 149 cm³/mol. The summed E-state index contributed by atoms with van der Waals surface area (Å²) in [6.45, 7) is 2.70. The van der Waals surface area contributed by atoms with Gasteiger partial charge in [0.25, 0.3) is 11.8 Å². The molecule has 3 N–H and O–H groups in total. The first kappa shape index (κ1) is 26.7. The fourth-order valence-corrected chi connectivity index (χ4v) is 5.69. The second kappa shape index (κ2) is 11.1. The maximum atomic E-state index is 13.2. The number of fused-ring (bicyclic) bond motifs is 2. The van der Waals surface area contributed by atoms with Crippen molar-refractivity contribution in [2.24, 2.45) is 0 Å². The van der Waals surface area contributed by atoms with E-state index in [2.05, 4.69) is 15.5 Å². The quantitative estimate of drug-likeness (QED) is 0.290. The van der Waals surface area contributed by atoms with Crippen molar-refractivity contribution < 1.29 is 19.5 Å². The Labute approximate surface area is 234 Å². The van der Waals surface area contributed by atoms with Crippen molar-refractivity contribution in [1.29, 1.82) is 0 Å². The summed E-state index contributed by atoms with van der Waals surface area (Å²) < 4.78 is 0. The Hall–Kier alpha value is -3.88. The Morgan fingerprint density at radius 2 is 1.92 bits per heavy atom. The van der Waals surface area contributed by atoms with Gasteiger partial charge in [-0.3, -0.25) is 14.7 Å². The third-order valence-corrected chi connectivity index (χ3v) is 7.77. The topological polar surface area (TPSA) is 115 Å². The van der Waals surface area contributed by atoms with Crippen LogP contribution in [0.4, 0.5) is 0 Å². The predicted octanol–water partition coefficient (Wildman–Crippen LogP) is 5.06. The summed E-state index contributed by atoms with van der Waals surface area (Å²) in [4.78, 5) is 40.1. The Balaban J connectivity index is 1.34. The lowest BCUT2D eigenvalue weighted by molar-refractivity contribution is -0.139. The number of carboxylic acid groups (broad SMARTS) is 1. The molecule has 0 aliphatic carbocycles. The van der Waals surface area contributed by atoms with Crippen LogP contribution in [-0.2, 0) is 30.6 Å². The smallest absolute Gasteiger partial charge is 0.326 e. The van der Waals surface area contributed by atoms with Gasteiger partial charge in [-0.05, 0) is 53.3 Å². The molecule has 0 saturated carbocycles. The van der Waals surface area contributed by atoms with E-state index in [1.54, 1.807) is 29.3 Å². The molecule has 0 radical (unpaired) electrons. The van der Waals surface area contributed by atoms with Crippen molar-refractivity contribution in [3.05, 3.63) is 98.2 Å². The number of nitrogens with one attached hydrogen (secondary N) is 2. The van der Waals surface area contributed by atoms with E-state index in [4.69, 9.17) is 23.2 Å². The summed E-state index contributed by atoms with van der Waals surface area (Å²) in [5, 5.41) is 20.4. The highest BCUT2D eigenvalue weighted by atomic mass is 35.5. The highest BCUT2D eigenvalue weighted by Gasteiger charge is 2.29. The second-order valence-corrected chi connectivity index (χ2v) is 10.4. The van der Waals surface area contributed by atoms with Gasteiger partial charge in [0.15, 0.2) is 0 Å². The molecule has 1 atom stereocenters. The SMILES string of the molecule is CCc1cccc(C[C@H](NC(=O)c2c(Cl)cc3c(c2Cl)CCN(C(=O)c2ccc4cn[nH]c4c2)C3)C(=O)O)c1. The number of hydrogen-bond donors (Lipinski definition) is 3. The lowest BCUT2D eigenvalue weighted by Gasteiger charge is -2.30. The maximum Gasteiger partial charge on any atom is 0.326 e. The van der Waals surface area contributed by atoms with E-state index in [9.17, 15) is 19.5 Å². The van der Waals surface area contributed by atoms with Gasteiger partial charge in [0.2, 0.25) is 0 Å². The average Bonchev–Trinajstić information content (AvgIpc) is 3.40. The molecular weight excluding hydrogens is 539 g/mol. The van der Waals surface area contributed by atoms with Crippen molar-refractivity contribution >= 4 is 51.9 Å². The Morgan fingerprint density at radius 3 is 2.69 bits per heavy atom. The first-order chi connectivity index (χ1) is 18.7. The summed E-state index contributed by atoms with van der Waals surface area (Å²) >= 11 is 13.2. The molecule has 0 fully saturated rings. The molecule has 0 saturated heterocycles. The average molecular weight is 565 g/mol. The molecule has 0 spiro atoms. The molecular formula is C29H26Cl2N4O4. The number of aliphatic carboxylic acids is 1. The molecule has 3 aromatic carbocycles. The largest absolute Gasteiger partial charge is 0.480 e. The zero-order valence-electron chi connectivity index (χ0n) is 21.1. The van der Waals surface area contributed by atoms with Crippen LogP contribution in [0.5, 0.6) is 0 Å². The van der Waals surface area contributed by atoms with Gasteiger partial charge >= 0.3 is 5.97 Å². The molecule has 1 aliphatic heterocycles. The van der Waals surface area contributed by atoms with Gasteiger partial charge in [0.1, 0.15) is 6.04 Å². The van der Waals surface area contributed by atoms with Crippen molar-refractivity contribution in [2.75, 3.05) is 6.54 Å². The number of carboxylic acids is 1. The van der Waals surface area contributed by atoms with Gasteiger partial charge in [-0.1, -0.05) is 60.5 Å². The van der Waals surface area contributed by atoms with E-state index in [1.165, 1.54) is 0 Å². The number of aryl methyl sites for hydroxylation is 1. The van der Waals surface area contributed by atoms with E-state index in [0.717, 1.165) is 39.6 Å². The van der Waals surface area contributed by atoms with Crippen LogP contribution in [0.15, 0.2) is 54.7 Å². The summed E-state index contributed by atoms with van der Waals surface area (Å²) in [5.74, 6) is -1.95. The summed E-state index contributed by atoms with van der Waals surface area (Å²) in [6.07, 6.45) is 3.06. The molecule has 0 unspecified atom stereocenters. The van der Waals surface area contributed by atoms with Gasteiger partial charge < -0.3 is 15.3 Å². The third kappa shape index (κ3) is 5.48. The first-order valence-electron chi connectivity index (χ1n) is 12.6. The minimum atomic E-state index is -1.16. The van der Waals surface area contributed by atoms with Crippen LogP contribution >= 0.6 is 23.2 Å². The Bertz CT molecular complexity index is 1600. The number of aromatic nitrogens is 2. The number of hydrogen-bond acceptors (Lipinski definition) is 4. The van der Waals surface area contributed by atoms with Crippen LogP contribution in [0.1, 0.15) is 49.9 Å². The molecule has 1 aliphatic rings. The summed E-state index contributed by atoms with van der Waals surface area (Å²) in [7, 11) is 0. The molecule has 2 heterocycles. The fraction of sp³-hybridized carbons (Fsp3) is 0.241. The Morgan fingerprint density at radius 1 is 1.13 bits per heavy atom. The molecule has 10 heteroatoms. The maximum absolute atomic E-state index is 13.2. The van der Waals surface area contributed by atoms with Crippen LogP contribution in [0.2, 0.25) is 10.0 Å². The standard InChI is InChI=1S/C29H26Cl2N4O4/c1-2-16-4-3-5-17(10-16)11-24(29(38)39)33-27(36)25-22(30)12-20-15-35(9-8-21(20)26(25)31)28(37)18-6-7-19-14-32-34-23(19)13-18/h3-7,10,12-14,24H,2,8-9,11,15H2,1H3,(H,32,34)(H,33,36)(H,38,39)/t24-/m0/s1. The van der Waals surface area contributed by atoms with E-state index in [-0.39, 0.29) is 34.5 Å². The van der Waals surface area contributed by atoms with Gasteiger partial charge in [0.05, 0.1) is 27.3 Å². The number of benzene rings is 3. The number of carbonyl (C=O) groups is 3. The molecule has 200 valence electrons. The number of rotatable bonds is 7. The zero-order valence-corrected chi connectivity index (χ0v) is 22.6. The minimum Gasteiger partial charge on any atom is -0.480 e. The first-order valence-corrected chi connectivity index (χ1v) is 13.3. The van der Waals surface area contributed by atoms with Gasteiger partial charge in [0, 0.05) is 30.5 Å². The number of amides is 2. The molecule has 5 rings (SSSR count). The van der Waals surface area contributed by atoms with Crippen LogP contribution in [0, 0.1) is 0 Å². The molecule has 0 bridgehead atoms. The second-order valence-electron chi connectivity index (χ2n) is 9.58. The molecule has 4 aromatic rings. The van der Waals surface area contributed by atoms with Gasteiger partial charge in [-0.15, -0.1) is 0 Å². The monoisotopic (exact) mass is 564 g/mol. The van der Waals surface area contributed by atoms with Gasteiger partial charge in [-0.2, -0.15) is 5.10 Å². The third-order valence-electron chi connectivity index (χ3n) is 7.05. The van der Waals surface area contributed by atoms with Crippen LogP contribution < -0.4 is 5.32 Å². The lowest BCUT2D eigenvalue weighted by atomic mass is 9.95. The fourth-order valence-electron chi connectivity index (χ4n) is 4.93. The van der Waals surface area contributed by atoms with Crippen LogP contribution in [-0.4, -0.2) is 50.6 Å². The van der Waals surface area contributed by atoms with Crippen molar-refractivity contribution in [3.8, 4) is 0 Å². The lowest BCUT2D eigenvalue weighted by Crippen LogP contribution is -2.42. The number of aromatic amines is 1. The summed E-state index contributed by atoms with van der Waals surface area (Å²) in [5.41, 5.74) is 4.71. The molecule has 8 nitrogen and oxygen atoms in total.